The molecule has 2 fully saturated rings. The predicted molar refractivity (Wildman–Crippen MR) is 243 cm³/mol. The van der Waals surface area contributed by atoms with Crippen LogP contribution in [0.4, 0.5) is 31.7 Å². The van der Waals surface area contributed by atoms with Gasteiger partial charge in [-0.2, -0.15) is 0 Å². The molecule has 0 bridgehead atoms. The summed E-state index contributed by atoms with van der Waals surface area (Å²) in [7, 11) is 0. The lowest BCUT2D eigenvalue weighted by atomic mass is 9.87. The van der Waals surface area contributed by atoms with Gasteiger partial charge in [0.15, 0.2) is 5.82 Å². The molecule has 7 rings (SSSR count). The van der Waals surface area contributed by atoms with Crippen LogP contribution < -0.4 is 20.4 Å². The SMILES string of the molecule is CC(C)(C)OC(=O)N1CCc2c(N3CCOCC3)nc(Cl)nc2C1(C)C.CCNC(=O)Nc1ccc(-c2nc(N3CCOCC3)c3c(n2)C(C)(C)N(C(=O)OC(C)(C)C)CC3)cc1. The summed E-state index contributed by atoms with van der Waals surface area (Å²) in [6.45, 7) is 28.3. The molecule has 6 heterocycles. The van der Waals surface area contributed by atoms with Crippen molar-refractivity contribution in [3.05, 3.63) is 52.1 Å². The van der Waals surface area contributed by atoms with Crippen LogP contribution in [-0.4, -0.2) is 131 Å². The number of nitrogens with zero attached hydrogens (tertiary/aromatic N) is 8. The van der Waals surface area contributed by atoms with Gasteiger partial charge in [0.25, 0.3) is 0 Å². The van der Waals surface area contributed by atoms with Gasteiger partial charge in [0.2, 0.25) is 5.28 Å². The summed E-state index contributed by atoms with van der Waals surface area (Å²) < 4.78 is 22.3. The standard InChI is InChI=1S/C27H38N6O4.C18H27ClN4O3/c1-7-28-24(34)29-19-10-8-18(9-11-19)22-30-21-20(23(31-22)32-14-16-36-17-15-32)12-13-33(27(21,5)6)25(35)37-26(2,3)4;1-17(2,3)26-16(24)23-7-6-12-13(18(23,4)5)20-15(19)21-14(12)22-8-10-25-11-9-22/h8-11H,7,12-17H2,1-6H3,(H2,28,29,34);6-11H2,1-5H3. The summed E-state index contributed by atoms with van der Waals surface area (Å²) in [5.41, 5.74) is 2.75. The van der Waals surface area contributed by atoms with Crippen LogP contribution in [-0.2, 0) is 42.9 Å². The number of anilines is 3. The number of benzene rings is 1. The van der Waals surface area contributed by atoms with E-state index in [0.717, 1.165) is 65.9 Å². The van der Waals surface area contributed by atoms with Gasteiger partial charge < -0.3 is 39.4 Å². The fourth-order valence-electron chi connectivity index (χ4n) is 8.17. The highest BCUT2D eigenvalue weighted by Crippen LogP contribution is 2.41. The van der Waals surface area contributed by atoms with Crippen molar-refractivity contribution >= 4 is 47.1 Å². The molecule has 4 aliphatic rings. The molecule has 17 nitrogen and oxygen atoms in total. The van der Waals surface area contributed by atoms with Crippen LogP contribution in [0.3, 0.4) is 0 Å². The third-order valence-electron chi connectivity index (χ3n) is 11.2. The molecule has 0 atom stereocenters. The van der Waals surface area contributed by atoms with E-state index >= 15 is 0 Å². The number of ether oxygens (including phenoxy) is 4. The summed E-state index contributed by atoms with van der Waals surface area (Å²) >= 11 is 6.25. The number of morpholine rings is 2. The van der Waals surface area contributed by atoms with Gasteiger partial charge in [0.05, 0.1) is 48.9 Å². The Hall–Kier alpha value is -5.00. The first-order valence-corrected chi connectivity index (χ1v) is 22.3. The Morgan fingerprint density at radius 2 is 1.13 bits per heavy atom. The average molecular weight is 894 g/mol. The number of hydrogen-bond donors (Lipinski definition) is 2. The highest BCUT2D eigenvalue weighted by atomic mass is 35.5. The minimum Gasteiger partial charge on any atom is -0.444 e. The first kappa shape index (κ1) is 47.5. The lowest BCUT2D eigenvalue weighted by Gasteiger charge is -2.44. The maximum Gasteiger partial charge on any atom is 0.411 e. The molecule has 4 aliphatic heterocycles. The first-order chi connectivity index (χ1) is 29.6. The van der Waals surface area contributed by atoms with Gasteiger partial charge in [-0.1, -0.05) is 0 Å². The molecule has 2 aromatic heterocycles. The van der Waals surface area contributed by atoms with Crippen molar-refractivity contribution in [2.75, 3.05) is 87.4 Å². The van der Waals surface area contributed by atoms with E-state index in [4.69, 9.17) is 40.5 Å². The Morgan fingerprint density at radius 3 is 1.57 bits per heavy atom. The monoisotopic (exact) mass is 892 g/mol. The highest BCUT2D eigenvalue weighted by Gasteiger charge is 2.44. The molecule has 0 radical (unpaired) electrons. The second-order valence-electron chi connectivity index (χ2n) is 19.0. The highest BCUT2D eigenvalue weighted by molar-refractivity contribution is 6.28. The van der Waals surface area contributed by atoms with Gasteiger partial charge in [-0.3, -0.25) is 9.80 Å². The van der Waals surface area contributed by atoms with Gasteiger partial charge >= 0.3 is 18.2 Å². The number of halogens is 1. The predicted octanol–water partition coefficient (Wildman–Crippen LogP) is 7.14. The Balaban J connectivity index is 0.000000223. The molecule has 2 N–H and O–H groups in total. The van der Waals surface area contributed by atoms with Gasteiger partial charge in [0, 0.05) is 68.2 Å². The van der Waals surface area contributed by atoms with Crippen LogP contribution >= 0.6 is 11.6 Å². The minimum atomic E-state index is -0.700. The lowest BCUT2D eigenvalue weighted by molar-refractivity contribution is -0.00245. The van der Waals surface area contributed by atoms with E-state index in [1.165, 1.54) is 0 Å². The van der Waals surface area contributed by atoms with E-state index in [-0.39, 0.29) is 23.5 Å². The van der Waals surface area contributed by atoms with Crippen molar-refractivity contribution in [2.45, 2.75) is 111 Å². The molecule has 2 saturated heterocycles. The number of nitrogens with one attached hydrogen (secondary N) is 2. The molecule has 0 aliphatic carbocycles. The number of rotatable bonds is 5. The molecule has 0 saturated carbocycles. The lowest BCUT2D eigenvalue weighted by Crippen LogP contribution is -2.52. The first-order valence-electron chi connectivity index (χ1n) is 21.9. The molecule has 0 spiro atoms. The number of aromatic nitrogens is 4. The summed E-state index contributed by atoms with van der Waals surface area (Å²) in [4.78, 5) is 64.7. The van der Waals surface area contributed by atoms with E-state index in [9.17, 15) is 14.4 Å². The summed E-state index contributed by atoms with van der Waals surface area (Å²) in [5, 5.41) is 5.73. The van der Waals surface area contributed by atoms with Gasteiger partial charge in [-0.25, -0.2) is 34.3 Å². The molecule has 18 heteroatoms. The van der Waals surface area contributed by atoms with Crippen LogP contribution in [0.25, 0.3) is 11.4 Å². The van der Waals surface area contributed by atoms with Crippen molar-refractivity contribution in [2.24, 2.45) is 0 Å². The summed E-state index contributed by atoms with van der Waals surface area (Å²) in [6.07, 6.45) is 0.621. The summed E-state index contributed by atoms with van der Waals surface area (Å²) in [6, 6.07) is 7.21. The van der Waals surface area contributed by atoms with Crippen molar-refractivity contribution in [3.63, 3.8) is 0 Å². The molecular formula is C45H65ClN10O7. The van der Waals surface area contributed by atoms with Crippen LogP contribution in [0.1, 0.15) is 98.7 Å². The van der Waals surface area contributed by atoms with Gasteiger partial charge in [-0.05, 0) is 125 Å². The van der Waals surface area contributed by atoms with Crippen molar-refractivity contribution < 1.29 is 33.3 Å². The second kappa shape index (κ2) is 19.0. The third-order valence-corrected chi connectivity index (χ3v) is 11.4. The van der Waals surface area contributed by atoms with Crippen LogP contribution in [0.15, 0.2) is 24.3 Å². The third kappa shape index (κ3) is 11.2. The maximum atomic E-state index is 13.1. The van der Waals surface area contributed by atoms with Crippen LogP contribution in [0.2, 0.25) is 5.28 Å². The number of urea groups is 1. The summed E-state index contributed by atoms with van der Waals surface area (Å²) in [5.74, 6) is 2.33. The largest absolute Gasteiger partial charge is 0.444 e. The van der Waals surface area contributed by atoms with Crippen molar-refractivity contribution in [1.82, 2.24) is 35.1 Å². The van der Waals surface area contributed by atoms with E-state index in [0.29, 0.717) is 70.4 Å². The zero-order valence-electron chi connectivity index (χ0n) is 38.8. The van der Waals surface area contributed by atoms with Gasteiger partial charge in [-0.15, -0.1) is 0 Å². The fourth-order valence-corrected chi connectivity index (χ4v) is 8.33. The van der Waals surface area contributed by atoms with Crippen molar-refractivity contribution in [3.8, 4) is 11.4 Å². The number of amides is 4. The Bertz CT molecular complexity index is 2130. The smallest absolute Gasteiger partial charge is 0.411 e. The molecule has 3 aromatic rings. The Labute approximate surface area is 376 Å². The normalized spacial score (nSPS) is 18.3. The molecule has 4 amide bonds. The van der Waals surface area contributed by atoms with Crippen molar-refractivity contribution in [1.29, 1.82) is 0 Å². The number of carbonyl (C=O) groups excluding carboxylic acids is 3. The topological polar surface area (TPSA) is 177 Å². The second-order valence-corrected chi connectivity index (χ2v) is 19.3. The van der Waals surface area contributed by atoms with E-state index < -0.39 is 22.3 Å². The van der Waals surface area contributed by atoms with Gasteiger partial charge in [0.1, 0.15) is 22.8 Å². The van der Waals surface area contributed by atoms with E-state index in [1.807, 2.05) is 100 Å². The maximum absolute atomic E-state index is 13.1. The van der Waals surface area contributed by atoms with E-state index in [1.54, 1.807) is 9.80 Å². The fraction of sp³-hybridized carbons (Fsp3) is 0.622. The van der Waals surface area contributed by atoms with Crippen LogP contribution in [0, 0.1) is 0 Å². The zero-order chi connectivity index (χ0) is 45.9. The zero-order valence-corrected chi connectivity index (χ0v) is 39.6. The molecule has 0 unspecified atom stereocenters. The van der Waals surface area contributed by atoms with Crippen LogP contribution in [0.5, 0.6) is 0 Å². The molecule has 63 heavy (non-hydrogen) atoms. The quantitative estimate of drug-likeness (QED) is 0.247. The number of fused-ring (bicyclic) bond motifs is 2. The molecular weight excluding hydrogens is 828 g/mol. The van der Waals surface area contributed by atoms with E-state index in [2.05, 4.69) is 30.4 Å². The average Bonchev–Trinajstić information content (AvgIpc) is 3.20. The number of hydrogen-bond acceptors (Lipinski definition) is 13. The number of carbonyl (C=O) groups is 3. The Morgan fingerprint density at radius 1 is 0.683 bits per heavy atom. The Kier molecular flexibility index (Phi) is 14.3. The molecule has 1 aromatic carbocycles. The molecule has 344 valence electrons. The minimum absolute atomic E-state index is 0.198.